The topological polar surface area (TPSA) is 88.2 Å². The van der Waals surface area contributed by atoms with Crippen LogP contribution >= 0.6 is 0 Å². The number of likely N-dealkylation sites (tertiary alicyclic amines) is 1. The first kappa shape index (κ1) is 27.4. The van der Waals surface area contributed by atoms with Gasteiger partial charge < -0.3 is 19.7 Å². The molecule has 0 unspecified atom stereocenters. The first-order valence-electron chi connectivity index (χ1n) is 13.6. The van der Waals surface area contributed by atoms with Gasteiger partial charge in [0.05, 0.1) is 19.8 Å². The van der Waals surface area contributed by atoms with Gasteiger partial charge in [-0.1, -0.05) is 54.6 Å². The molecule has 40 heavy (non-hydrogen) atoms. The van der Waals surface area contributed by atoms with Crippen molar-refractivity contribution < 1.29 is 23.9 Å². The molecule has 2 heterocycles. The number of hydrogen-bond donors (Lipinski definition) is 1. The van der Waals surface area contributed by atoms with Crippen LogP contribution in [0.2, 0.25) is 0 Å². The van der Waals surface area contributed by atoms with E-state index < -0.39 is 11.8 Å². The van der Waals surface area contributed by atoms with Crippen molar-refractivity contribution in [2.45, 2.75) is 44.5 Å². The molecule has 5 rings (SSSR count). The maximum absolute atomic E-state index is 14.1. The van der Waals surface area contributed by atoms with Crippen molar-refractivity contribution in [2.75, 3.05) is 26.8 Å². The number of benzene rings is 3. The maximum Gasteiger partial charge on any atom is 0.257 e. The monoisotopic (exact) mass is 541 g/mol. The minimum Gasteiger partial charge on any atom is -0.497 e. The van der Waals surface area contributed by atoms with Crippen LogP contribution in [0.25, 0.3) is 0 Å². The highest BCUT2D eigenvalue weighted by Crippen LogP contribution is 2.39. The standard InChI is InChI=1S/C32H35N3O5/c1-22-10-7-8-15-27(22)31(38)34-18-16-32(17-19-34)35(30(37)25-13-9-14-26(20-25)39-3)28(21-40-32)29(36)33-23(2)24-11-5-4-6-12-24/h4-15,20,23,28H,16-19,21H2,1-3H3,(H,33,36)/t23-,28+/m0/s1. The number of hydrogen-bond acceptors (Lipinski definition) is 5. The molecule has 208 valence electrons. The lowest BCUT2D eigenvalue weighted by Gasteiger charge is -2.44. The number of nitrogens with zero attached hydrogens (tertiary/aromatic N) is 2. The SMILES string of the molecule is COc1cccc(C(=O)N2[C@@H](C(=O)N[C@@H](C)c3ccccc3)COC23CCN(C(=O)c2ccccc2C)CC3)c1. The van der Waals surface area contributed by atoms with Gasteiger partial charge in [0.1, 0.15) is 17.5 Å². The Morgan fingerprint density at radius 3 is 2.35 bits per heavy atom. The number of carbonyl (C=O) groups is 3. The van der Waals surface area contributed by atoms with Gasteiger partial charge in [-0.15, -0.1) is 0 Å². The van der Waals surface area contributed by atoms with E-state index in [0.29, 0.717) is 42.8 Å². The Hall–Kier alpha value is -4.17. The number of piperidine rings is 1. The highest BCUT2D eigenvalue weighted by molar-refractivity contribution is 5.99. The highest BCUT2D eigenvalue weighted by atomic mass is 16.5. The summed E-state index contributed by atoms with van der Waals surface area (Å²) in [7, 11) is 1.55. The molecule has 3 aromatic rings. The van der Waals surface area contributed by atoms with E-state index in [0.717, 1.165) is 11.1 Å². The molecule has 0 aromatic heterocycles. The van der Waals surface area contributed by atoms with Gasteiger partial charge in [0.25, 0.3) is 11.8 Å². The molecule has 1 N–H and O–H groups in total. The Bertz CT molecular complexity index is 1380. The molecule has 2 aliphatic rings. The van der Waals surface area contributed by atoms with Crippen molar-refractivity contribution in [1.82, 2.24) is 15.1 Å². The summed E-state index contributed by atoms with van der Waals surface area (Å²) in [6.07, 6.45) is 0.802. The average Bonchev–Trinajstić information content (AvgIpc) is 3.35. The number of ether oxygens (including phenoxy) is 2. The minimum absolute atomic E-state index is 0.0393. The van der Waals surface area contributed by atoms with Crippen LogP contribution in [0.3, 0.4) is 0 Å². The normalized spacial score (nSPS) is 18.8. The van der Waals surface area contributed by atoms with Gasteiger partial charge in [-0.2, -0.15) is 0 Å². The first-order valence-corrected chi connectivity index (χ1v) is 13.6. The molecule has 3 amide bonds. The quantitative estimate of drug-likeness (QED) is 0.501. The second kappa shape index (κ2) is 11.5. The summed E-state index contributed by atoms with van der Waals surface area (Å²) in [5.41, 5.74) is 1.97. The van der Waals surface area contributed by atoms with Crippen molar-refractivity contribution in [3.05, 3.63) is 101 Å². The highest BCUT2D eigenvalue weighted by Gasteiger charge is 2.54. The summed E-state index contributed by atoms with van der Waals surface area (Å²) in [5, 5.41) is 3.07. The van der Waals surface area contributed by atoms with E-state index in [1.165, 1.54) is 0 Å². The fourth-order valence-electron chi connectivity index (χ4n) is 5.64. The zero-order chi connectivity index (χ0) is 28.3. The van der Waals surface area contributed by atoms with Crippen LogP contribution in [-0.4, -0.2) is 66.1 Å². The van der Waals surface area contributed by atoms with E-state index in [2.05, 4.69) is 5.32 Å². The van der Waals surface area contributed by atoms with E-state index in [1.807, 2.05) is 68.4 Å². The third-order valence-corrected chi connectivity index (χ3v) is 7.96. The third kappa shape index (κ3) is 5.31. The maximum atomic E-state index is 14.1. The summed E-state index contributed by atoms with van der Waals surface area (Å²) in [5.74, 6) is -0.0644. The molecular formula is C32H35N3O5. The van der Waals surface area contributed by atoms with Crippen LogP contribution in [0.4, 0.5) is 0 Å². The van der Waals surface area contributed by atoms with Gasteiger partial charge in [-0.25, -0.2) is 0 Å². The van der Waals surface area contributed by atoms with Crippen molar-refractivity contribution >= 4 is 17.7 Å². The molecule has 0 saturated carbocycles. The van der Waals surface area contributed by atoms with E-state index in [-0.39, 0.29) is 30.4 Å². The molecule has 2 saturated heterocycles. The lowest BCUT2D eigenvalue weighted by molar-refractivity contribution is -0.128. The molecule has 1 spiro atoms. The largest absolute Gasteiger partial charge is 0.497 e. The number of methoxy groups -OCH3 is 1. The zero-order valence-electron chi connectivity index (χ0n) is 23.1. The summed E-state index contributed by atoms with van der Waals surface area (Å²) >= 11 is 0. The zero-order valence-corrected chi connectivity index (χ0v) is 23.1. The first-order chi connectivity index (χ1) is 19.3. The molecule has 8 nitrogen and oxygen atoms in total. The third-order valence-electron chi connectivity index (χ3n) is 7.96. The van der Waals surface area contributed by atoms with Crippen LogP contribution in [0, 0.1) is 6.92 Å². The molecular weight excluding hydrogens is 506 g/mol. The van der Waals surface area contributed by atoms with E-state index in [1.54, 1.807) is 41.2 Å². The summed E-state index contributed by atoms with van der Waals surface area (Å²) in [4.78, 5) is 44.4. The molecule has 2 atom stereocenters. The van der Waals surface area contributed by atoms with Crippen LogP contribution in [-0.2, 0) is 9.53 Å². The Balaban J connectivity index is 1.40. The molecule has 0 bridgehead atoms. The van der Waals surface area contributed by atoms with Crippen LogP contribution in [0.5, 0.6) is 5.75 Å². The number of carbonyl (C=O) groups excluding carboxylic acids is 3. The van der Waals surface area contributed by atoms with Crippen LogP contribution in [0.15, 0.2) is 78.9 Å². The van der Waals surface area contributed by atoms with Gasteiger partial charge in [0, 0.05) is 37.1 Å². The van der Waals surface area contributed by atoms with Crippen LogP contribution < -0.4 is 10.1 Å². The van der Waals surface area contributed by atoms with E-state index in [4.69, 9.17) is 9.47 Å². The fraction of sp³-hybridized carbons (Fsp3) is 0.344. The van der Waals surface area contributed by atoms with Crippen LogP contribution in [0.1, 0.15) is 57.7 Å². The van der Waals surface area contributed by atoms with Crippen molar-refractivity contribution in [3.8, 4) is 5.75 Å². The Kier molecular flexibility index (Phi) is 7.89. The summed E-state index contributed by atoms with van der Waals surface area (Å²) in [6, 6.07) is 23.1. The smallest absolute Gasteiger partial charge is 0.257 e. The minimum atomic E-state index is -0.999. The Morgan fingerprint density at radius 1 is 0.950 bits per heavy atom. The second-order valence-electron chi connectivity index (χ2n) is 10.4. The number of nitrogens with one attached hydrogen (secondary N) is 1. The van der Waals surface area contributed by atoms with E-state index >= 15 is 0 Å². The molecule has 0 aliphatic carbocycles. The van der Waals surface area contributed by atoms with Gasteiger partial charge in [0.2, 0.25) is 5.91 Å². The summed E-state index contributed by atoms with van der Waals surface area (Å²) < 4.78 is 11.7. The molecule has 2 fully saturated rings. The van der Waals surface area contributed by atoms with E-state index in [9.17, 15) is 14.4 Å². The molecule has 3 aromatic carbocycles. The van der Waals surface area contributed by atoms with Gasteiger partial charge in [-0.3, -0.25) is 19.3 Å². The van der Waals surface area contributed by atoms with Gasteiger partial charge >= 0.3 is 0 Å². The van der Waals surface area contributed by atoms with Gasteiger partial charge in [-0.05, 0) is 49.2 Å². The van der Waals surface area contributed by atoms with Crippen molar-refractivity contribution in [2.24, 2.45) is 0 Å². The Morgan fingerprint density at radius 2 is 1.65 bits per heavy atom. The fourth-order valence-corrected chi connectivity index (χ4v) is 5.64. The predicted molar refractivity (Wildman–Crippen MR) is 151 cm³/mol. The molecule has 2 aliphatic heterocycles. The lowest BCUT2D eigenvalue weighted by Crippen LogP contribution is -2.60. The second-order valence-corrected chi connectivity index (χ2v) is 10.4. The predicted octanol–water partition coefficient (Wildman–Crippen LogP) is 4.35. The molecule has 8 heteroatoms. The average molecular weight is 542 g/mol. The Labute approximate surface area is 234 Å². The van der Waals surface area contributed by atoms with Crippen molar-refractivity contribution in [1.29, 1.82) is 0 Å². The number of aryl methyl sites for hydroxylation is 1. The van der Waals surface area contributed by atoms with Gasteiger partial charge in [0.15, 0.2) is 0 Å². The van der Waals surface area contributed by atoms with Crippen molar-refractivity contribution in [3.63, 3.8) is 0 Å². The number of rotatable bonds is 6. The molecule has 0 radical (unpaired) electrons. The lowest BCUT2D eigenvalue weighted by atomic mass is 9.95. The summed E-state index contributed by atoms with van der Waals surface area (Å²) in [6.45, 7) is 4.73. The number of amides is 3.